The van der Waals surface area contributed by atoms with Crippen LogP contribution >= 0.6 is 0 Å². The summed E-state index contributed by atoms with van der Waals surface area (Å²) in [5, 5.41) is 3.05. The second-order valence-electron chi connectivity index (χ2n) is 4.98. The first-order valence-electron chi connectivity index (χ1n) is 6.64. The molecular formula is C14H24N2O2S. The fourth-order valence-electron chi connectivity index (χ4n) is 1.68. The summed E-state index contributed by atoms with van der Waals surface area (Å²) in [7, 11) is -1.55. The molecule has 0 saturated heterocycles. The quantitative estimate of drug-likeness (QED) is 0.805. The first-order chi connectivity index (χ1) is 8.90. The van der Waals surface area contributed by atoms with Crippen LogP contribution in [0.1, 0.15) is 31.4 Å². The molecule has 1 aromatic carbocycles. The molecule has 4 nitrogen and oxygen atoms in total. The highest BCUT2D eigenvalue weighted by molar-refractivity contribution is 7.89. The molecule has 0 saturated carbocycles. The van der Waals surface area contributed by atoms with Gasteiger partial charge in [-0.1, -0.05) is 26.3 Å². The van der Waals surface area contributed by atoms with Gasteiger partial charge < -0.3 is 5.32 Å². The molecule has 0 amide bonds. The smallest absolute Gasteiger partial charge is 0.240 e. The Balaban J connectivity index is 2.92. The maximum Gasteiger partial charge on any atom is 0.240 e. The summed E-state index contributed by atoms with van der Waals surface area (Å²) < 4.78 is 27.0. The van der Waals surface area contributed by atoms with Gasteiger partial charge in [-0.2, -0.15) is 0 Å². The van der Waals surface area contributed by atoms with Crippen LogP contribution in [-0.2, 0) is 16.6 Å². The number of hydrogen-bond acceptors (Lipinski definition) is 3. The minimum atomic E-state index is -3.40. The van der Waals surface area contributed by atoms with Gasteiger partial charge in [0.2, 0.25) is 10.0 Å². The normalized spacial score (nSPS) is 13.5. The lowest BCUT2D eigenvalue weighted by Gasteiger charge is -2.12. The van der Waals surface area contributed by atoms with Crippen LogP contribution < -0.4 is 10.0 Å². The summed E-state index contributed by atoms with van der Waals surface area (Å²) in [6.45, 7) is 7.21. The molecule has 0 aliphatic carbocycles. The molecule has 19 heavy (non-hydrogen) atoms. The van der Waals surface area contributed by atoms with Gasteiger partial charge >= 0.3 is 0 Å². The minimum Gasteiger partial charge on any atom is -0.316 e. The molecule has 0 bridgehead atoms. The van der Waals surface area contributed by atoms with E-state index >= 15 is 0 Å². The minimum absolute atomic E-state index is 0.339. The van der Waals surface area contributed by atoms with Crippen molar-refractivity contribution >= 4 is 10.0 Å². The first-order valence-corrected chi connectivity index (χ1v) is 8.12. The lowest BCUT2D eigenvalue weighted by molar-refractivity contribution is 0.528. The van der Waals surface area contributed by atoms with Crippen LogP contribution in [0.2, 0.25) is 0 Å². The van der Waals surface area contributed by atoms with Gasteiger partial charge in [-0.3, -0.25) is 0 Å². The van der Waals surface area contributed by atoms with Crippen molar-refractivity contribution in [1.82, 2.24) is 10.0 Å². The Bertz CT molecular complexity index is 512. The highest BCUT2D eigenvalue weighted by Gasteiger charge is 2.15. The van der Waals surface area contributed by atoms with Crippen LogP contribution in [0.25, 0.3) is 0 Å². The third-order valence-corrected chi connectivity index (χ3v) is 4.74. The average Bonchev–Trinajstić information content (AvgIpc) is 2.38. The van der Waals surface area contributed by atoms with Crippen LogP contribution in [0.4, 0.5) is 0 Å². The Kier molecular flexibility index (Phi) is 5.97. The van der Waals surface area contributed by atoms with Crippen molar-refractivity contribution in [3.05, 3.63) is 29.3 Å². The first kappa shape index (κ1) is 16.1. The van der Waals surface area contributed by atoms with Crippen molar-refractivity contribution in [2.45, 2.75) is 38.6 Å². The largest absolute Gasteiger partial charge is 0.316 e. The molecule has 1 unspecified atom stereocenters. The van der Waals surface area contributed by atoms with E-state index in [2.05, 4.69) is 17.0 Å². The molecular weight excluding hydrogens is 260 g/mol. The van der Waals surface area contributed by atoms with Gasteiger partial charge in [-0.05, 0) is 43.1 Å². The highest BCUT2D eigenvalue weighted by Crippen LogP contribution is 2.16. The Hall–Kier alpha value is -0.910. The summed E-state index contributed by atoms with van der Waals surface area (Å²) >= 11 is 0. The van der Waals surface area contributed by atoms with Crippen LogP contribution in [0.3, 0.4) is 0 Å². The van der Waals surface area contributed by atoms with Crippen molar-refractivity contribution in [3.8, 4) is 0 Å². The average molecular weight is 284 g/mol. The molecule has 0 aliphatic heterocycles. The predicted molar refractivity (Wildman–Crippen MR) is 78.6 cm³/mol. The summed E-state index contributed by atoms with van der Waals surface area (Å²) in [4.78, 5) is 0.339. The zero-order valence-corrected chi connectivity index (χ0v) is 13.0. The summed E-state index contributed by atoms with van der Waals surface area (Å²) in [6.07, 6.45) is 0.960. The topological polar surface area (TPSA) is 58.2 Å². The Morgan fingerprint density at radius 3 is 2.58 bits per heavy atom. The molecule has 1 aromatic rings. The van der Waals surface area contributed by atoms with E-state index in [-0.39, 0.29) is 0 Å². The van der Waals surface area contributed by atoms with Crippen LogP contribution in [0, 0.1) is 12.8 Å². The molecule has 0 aliphatic rings. The van der Waals surface area contributed by atoms with Crippen LogP contribution in [-0.4, -0.2) is 22.0 Å². The molecule has 1 atom stereocenters. The van der Waals surface area contributed by atoms with E-state index in [1.807, 2.05) is 27.0 Å². The standard InChI is InChI=1S/C14H24N2O2S/c1-5-11(2)9-16-19(17,18)14-7-6-12(3)13(8-14)10-15-4/h6-8,11,15-16H,5,9-10H2,1-4H3. The molecule has 5 heteroatoms. The van der Waals surface area contributed by atoms with Crippen molar-refractivity contribution in [2.75, 3.05) is 13.6 Å². The molecule has 0 fully saturated rings. The van der Waals surface area contributed by atoms with Crippen molar-refractivity contribution in [3.63, 3.8) is 0 Å². The zero-order chi connectivity index (χ0) is 14.5. The fourth-order valence-corrected chi connectivity index (χ4v) is 2.89. The molecule has 2 N–H and O–H groups in total. The number of nitrogens with one attached hydrogen (secondary N) is 2. The van der Waals surface area contributed by atoms with Crippen LogP contribution in [0.5, 0.6) is 0 Å². The van der Waals surface area contributed by atoms with E-state index in [4.69, 9.17) is 0 Å². The molecule has 0 aromatic heterocycles. The Morgan fingerprint density at radius 1 is 1.32 bits per heavy atom. The number of aryl methyl sites for hydroxylation is 1. The summed E-state index contributed by atoms with van der Waals surface area (Å²) in [5.41, 5.74) is 2.10. The molecule has 108 valence electrons. The predicted octanol–water partition coefficient (Wildman–Crippen LogP) is 2.04. The van der Waals surface area contributed by atoms with E-state index in [9.17, 15) is 8.42 Å². The molecule has 0 heterocycles. The van der Waals surface area contributed by atoms with E-state index in [1.54, 1.807) is 12.1 Å². The Morgan fingerprint density at radius 2 is 2.00 bits per heavy atom. The van der Waals surface area contributed by atoms with E-state index in [0.29, 0.717) is 23.9 Å². The van der Waals surface area contributed by atoms with Gasteiger partial charge in [0.05, 0.1) is 4.90 Å². The maximum absolute atomic E-state index is 12.2. The molecule has 0 spiro atoms. The maximum atomic E-state index is 12.2. The van der Waals surface area contributed by atoms with Gasteiger partial charge in [-0.25, -0.2) is 13.1 Å². The lowest BCUT2D eigenvalue weighted by Crippen LogP contribution is -2.28. The van der Waals surface area contributed by atoms with Gasteiger partial charge in [0.15, 0.2) is 0 Å². The molecule has 1 rings (SSSR count). The summed E-state index contributed by atoms with van der Waals surface area (Å²) in [5.74, 6) is 0.344. The van der Waals surface area contributed by atoms with Gasteiger partial charge in [-0.15, -0.1) is 0 Å². The van der Waals surface area contributed by atoms with E-state index < -0.39 is 10.0 Å². The van der Waals surface area contributed by atoms with E-state index in [1.165, 1.54) is 0 Å². The number of sulfonamides is 1. The fraction of sp³-hybridized carbons (Fsp3) is 0.571. The third-order valence-electron chi connectivity index (χ3n) is 3.32. The van der Waals surface area contributed by atoms with Gasteiger partial charge in [0.25, 0.3) is 0 Å². The van der Waals surface area contributed by atoms with Crippen molar-refractivity contribution < 1.29 is 8.42 Å². The monoisotopic (exact) mass is 284 g/mol. The van der Waals surface area contributed by atoms with E-state index in [0.717, 1.165) is 17.5 Å². The van der Waals surface area contributed by atoms with Crippen LogP contribution in [0.15, 0.2) is 23.1 Å². The number of rotatable bonds is 7. The Labute approximate surface area is 116 Å². The van der Waals surface area contributed by atoms with Crippen molar-refractivity contribution in [1.29, 1.82) is 0 Å². The second kappa shape index (κ2) is 7.03. The number of hydrogen-bond donors (Lipinski definition) is 2. The number of benzene rings is 1. The lowest BCUT2D eigenvalue weighted by atomic mass is 10.1. The van der Waals surface area contributed by atoms with Gasteiger partial charge in [0, 0.05) is 13.1 Å². The second-order valence-corrected chi connectivity index (χ2v) is 6.75. The summed E-state index contributed by atoms with van der Waals surface area (Å²) in [6, 6.07) is 5.25. The molecule has 0 radical (unpaired) electrons. The zero-order valence-electron chi connectivity index (χ0n) is 12.2. The van der Waals surface area contributed by atoms with Crippen molar-refractivity contribution in [2.24, 2.45) is 5.92 Å². The van der Waals surface area contributed by atoms with Gasteiger partial charge in [0.1, 0.15) is 0 Å². The highest BCUT2D eigenvalue weighted by atomic mass is 32.2. The SMILES string of the molecule is CCC(C)CNS(=O)(=O)c1ccc(C)c(CNC)c1. The third kappa shape index (κ3) is 4.60.